The van der Waals surface area contributed by atoms with E-state index in [1.165, 1.54) is 0 Å². The lowest BCUT2D eigenvalue weighted by Crippen LogP contribution is -2.64. The lowest BCUT2D eigenvalue weighted by molar-refractivity contribution is -0.381. The second-order valence-corrected chi connectivity index (χ2v) is 3.30. The fourth-order valence-corrected chi connectivity index (χ4v) is 1.03. The Morgan fingerprint density at radius 2 is 0.647 bits per heavy atom. The summed E-state index contributed by atoms with van der Waals surface area (Å²) in [6.07, 6.45) is -2.69. The van der Waals surface area contributed by atoms with Crippen molar-refractivity contribution in [2.24, 2.45) is 0 Å². The van der Waals surface area contributed by atoms with Crippen LogP contribution in [0, 0.1) is 0 Å². The first-order valence-corrected chi connectivity index (χ1v) is 3.80. The number of halogens is 10. The Morgan fingerprint density at radius 3 is 0.882 bits per heavy atom. The molecule has 1 aliphatic rings. The van der Waals surface area contributed by atoms with E-state index in [-0.39, 0.29) is 0 Å². The second-order valence-electron chi connectivity index (χ2n) is 3.30. The maximum absolute atomic E-state index is 12.5. The van der Waals surface area contributed by atoms with Gasteiger partial charge in [-0.1, -0.05) is 0 Å². The molecule has 100 valence electrons. The third-order valence-electron chi connectivity index (χ3n) is 2.13. The van der Waals surface area contributed by atoms with E-state index in [0.717, 1.165) is 0 Å². The van der Waals surface area contributed by atoms with Gasteiger partial charge in [-0.15, -0.1) is 0 Å². The number of allylic oxidation sites excluding steroid dienone is 2. The Kier molecular flexibility index (Phi) is 2.55. The van der Waals surface area contributed by atoms with E-state index in [9.17, 15) is 43.9 Å². The molecule has 0 N–H and O–H groups in total. The molecule has 1 rings (SSSR count). The molecule has 0 saturated heterocycles. The molecule has 0 aromatic carbocycles. The molecule has 0 spiro atoms. The van der Waals surface area contributed by atoms with E-state index in [2.05, 4.69) is 0 Å². The Hall–Kier alpha value is -0.960. The summed E-state index contributed by atoms with van der Waals surface area (Å²) in [5.74, 6) is -31.8. The van der Waals surface area contributed by atoms with Crippen molar-refractivity contribution in [2.75, 3.05) is 0 Å². The van der Waals surface area contributed by atoms with Crippen LogP contribution in [-0.4, -0.2) is 29.6 Å². The van der Waals surface area contributed by atoms with Gasteiger partial charge in [0.1, 0.15) is 0 Å². The molecule has 0 amide bonds. The minimum absolute atomic E-state index is 1.35. The monoisotopic (exact) mass is 276 g/mol. The zero-order chi connectivity index (χ0) is 13.9. The van der Waals surface area contributed by atoms with E-state index in [4.69, 9.17) is 0 Å². The molecule has 0 saturated carbocycles. The summed E-state index contributed by atoms with van der Waals surface area (Å²) in [4.78, 5) is 0. The van der Waals surface area contributed by atoms with Gasteiger partial charge in [0, 0.05) is 0 Å². The number of rotatable bonds is 0. The first-order chi connectivity index (χ1) is 7.21. The van der Waals surface area contributed by atoms with Gasteiger partial charge in [0.05, 0.1) is 0 Å². The smallest absolute Gasteiger partial charge is 0.195 e. The van der Waals surface area contributed by atoms with Crippen molar-refractivity contribution in [2.45, 2.75) is 29.6 Å². The van der Waals surface area contributed by atoms with Crippen molar-refractivity contribution in [3.05, 3.63) is 12.2 Å². The molecular formula is C7H2F10. The molecule has 0 atom stereocenters. The standard InChI is InChI=1S/C7H2F10/c8-3(9)1-2-4(10,11)6(14,15)7(16,17)5(3,12)13/h1-2H. The molecule has 0 unspecified atom stereocenters. The predicted molar refractivity (Wildman–Crippen MR) is 33.9 cm³/mol. The Morgan fingerprint density at radius 1 is 0.412 bits per heavy atom. The maximum atomic E-state index is 12.5. The highest BCUT2D eigenvalue weighted by molar-refractivity contribution is 5.23. The molecule has 1 aliphatic carbocycles. The van der Waals surface area contributed by atoms with Crippen molar-refractivity contribution in [3.63, 3.8) is 0 Å². The Labute approximate surface area is 86.9 Å². The summed E-state index contributed by atoms with van der Waals surface area (Å²) in [5.41, 5.74) is 0. The predicted octanol–water partition coefficient (Wildman–Crippen LogP) is 3.73. The lowest BCUT2D eigenvalue weighted by Gasteiger charge is -2.35. The van der Waals surface area contributed by atoms with Gasteiger partial charge in [0.2, 0.25) is 0 Å². The lowest BCUT2D eigenvalue weighted by atomic mass is 9.99. The number of alkyl halides is 10. The average molecular weight is 276 g/mol. The SMILES string of the molecule is FC1(F)C=CC(F)(F)C(F)(F)C(F)(F)C1(F)F. The summed E-state index contributed by atoms with van der Waals surface area (Å²) in [7, 11) is 0. The molecule has 0 fully saturated rings. The van der Waals surface area contributed by atoms with Crippen LogP contribution in [0.15, 0.2) is 12.2 Å². The fraction of sp³-hybridized carbons (Fsp3) is 0.714. The highest BCUT2D eigenvalue weighted by atomic mass is 19.4. The van der Waals surface area contributed by atoms with E-state index >= 15 is 0 Å². The van der Waals surface area contributed by atoms with E-state index in [1.807, 2.05) is 0 Å². The van der Waals surface area contributed by atoms with Crippen molar-refractivity contribution in [3.8, 4) is 0 Å². The van der Waals surface area contributed by atoms with Crippen LogP contribution in [0.2, 0.25) is 0 Å². The van der Waals surface area contributed by atoms with Crippen LogP contribution < -0.4 is 0 Å². The number of hydrogen-bond donors (Lipinski definition) is 0. The van der Waals surface area contributed by atoms with Gasteiger partial charge in [-0.2, -0.15) is 43.9 Å². The largest absolute Gasteiger partial charge is 0.385 e. The topological polar surface area (TPSA) is 0 Å². The molecule has 10 heteroatoms. The van der Waals surface area contributed by atoms with Gasteiger partial charge < -0.3 is 0 Å². The minimum Gasteiger partial charge on any atom is -0.195 e. The fourth-order valence-electron chi connectivity index (χ4n) is 1.03. The van der Waals surface area contributed by atoms with E-state index in [0.29, 0.717) is 0 Å². The zero-order valence-corrected chi connectivity index (χ0v) is 7.43. The van der Waals surface area contributed by atoms with Crippen LogP contribution >= 0.6 is 0 Å². The highest BCUT2D eigenvalue weighted by Crippen LogP contribution is 2.59. The van der Waals surface area contributed by atoms with Gasteiger partial charge in [-0.3, -0.25) is 0 Å². The summed E-state index contributed by atoms with van der Waals surface area (Å²) in [6.45, 7) is 0. The maximum Gasteiger partial charge on any atom is 0.385 e. The van der Waals surface area contributed by atoms with Crippen LogP contribution in [-0.2, 0) is 0 Å². The first-order valence-electron chi connectivity index (χ1n) is 3.80. The average Bonchev–Trinajstić information content (AvgIpc) is 2.14. The second kappa shape index (κ2) is 3.08. The highest BCUT2D eigenvalue weighted by Gasteiger charge is 2.86. The van der Waals surface area contributed by atoms with Crippen LogP contribution in [0.3, 0.4) is 0 Å². The van der Waals surface area contributed by atoms with E-state index in [1.54, 1.807) is 0 Å². The number of hydrogen-bond acceptors (Lipinski definition) is 0. The molecule has 0 aliphatic heterocycles. The normalized spacial score (nSPS) is 31.9. The van der Waals surface area contributed by atoms with Crippen LogP contribution in [0.1, 0.15) is 0 Å². The summed E-state index contributed by atoms with van der Waals surface area (Å²) < 4.78 is 125. The minimum atomic E-state index is -6.91. The van der Waals surface area contributed by atoms with Crippen molar-refractivity contribution in [1.82, 2.24) is 0 Å². The Bertz CT molecular complexity index is 320. The van der Waals surface area contributed by atoms with Gasteiger partial charge >= 0.3 is 29.6 Å². The molecule has 0 aromatic rings. The van der Waals surface area contributed by atoms with Crippen molar-refractivity contribution in [1.29, 1.82) is 0 Å². The molecule has 0 nitrogen and oxygen atoms in total. The summed E-state index contributed by atoms with van der Waals surface area (Å²) >= 11 is 0. The van der Waals surface area contributed by atoms with Gasteiger partial charge in [-0.25, -0.2) is 0 Å². The van der Waals surface area contributed by atoms with Gasteiger partial charge in [0.25, 0.3) is 0 Å². The summed E-state index contributed by atoms with van der Waals surface area (Å²) in [5, 5.41) is 0. The zero-order valence-electron chi connectivity index (χ0n) is 7.43. The molecule has 17 heavy (non-hydrogen) atoms. The van der Waals surface area contributed by atoms with Crippen molar-refractivity contribution < 1.29 is 43.9 Å². The van der Waals surface area contributed by atoms with E-state index < -0.39 is 41.8 Å². The Balaban J connectivity index is 3.57. The third kappa shape index (κ3) is 1.45. The van der Waals surface area contributed by atoms with Crippen molar-refractivity contribution >= 4 is 0 Å². The van der Waals surface area contributed by atoms with Gasteiger partial charge in [-0.05, 0) is 12.2 Å². The van der Waals surface area contributed by atoms with Crippen LogP contribution in [0.25, 0.3) is 0 Å². The molecule has 0 heterocycles. The molecule has 0 radical (unpaired) electrons. The third-order valence-corrected chi connectivity index (χ3v) is 2.13. The first kappa shape index (κ1) is 14.1. The van der Waals surface area contributed by atoms with Crippen LogP contribution in [0.4, 0.5) is 43.9 Å². The quantitative estimate of drug-likeness (QED) is 0.467. The van der Waals surface area contributed by atoms with Gasteiger partial charge in [0.15, 0.2) is 0 Å². The molecule has 0 aromatic heterocycles. The molecule has 0 bridgehead atoms. The molecular weight excluding hydrogens is 274 g/mol. The summed E-state index contributed by atoms with van der Waals surface area (Å²) in [6, 6.07) is 0. The van der Waals surface area contributed by atoms with Crippen LogP contribution in [0.5, 0.6) is 0 Å².